The van der Waals surface area contributed by atoms with Crippen LogP contribution in [-0.2, 0) is 0 Å². The van der Waals surface area contributed by atoms with E-state index in [0.29, 0.717) is 0 Å². The third kappa shape index (κ3) is 7.50. The monoisotopic (exact) mass is 129 g/mol. The molecule has 0 rings (SSSR count). The first kappa shape index (κ1) is 8.50. The maximum Gasteiger partial charge on any atom is 0.0515 e. The Bertz CT molecular complexity index is 79.0. The molecular formula is C7H15NO. The average Bonchev–Trinajstić information content (AvgIpc) is 1.80. The summed E-state index contributed by atoms with van der Waals surface area (Å²) in [6, 6.07) is 0. The highest BCUT2D eigenvalue weighted by Gasteiger charge is 1.89. The molecule has 0 bridgehead atoms. The molecular weight excluding hydrogens is 114 g/mol. The molecule has 0 heterocycles. The molecule has 0 aromatic carbocycles. The van der Waals surface area contributed by atoms with Gasteiger partial charge in [-0.05, 0) is 26.0 Å². The van der Waals surface area contributed by atoms with Crippen LogP contribution in [0.3, 0.4) is 0 Å². The van der Waals surface area contributed by atoms with Crippen LogP contribution in [0.25, 0.3) is 0 Å². The highest BCUT2D eigenvalue weighted by atomic mass is 16.3. The van der Waals surface area contributed by atoms with Crippen LogP contribution in [0.1, 0.15) is 19.8 Å². The molecule has 1 unspecified atom stereocenters. The first-order valence-electron chi connectivity index (χ1n) is 3.27. The first-order chi connectivity index (χ1) is 4.27. The second-order valence-corrected chi connectivity index (χ2v) is 2.12. The van der Waals surface area contributed by atoms with Crippen molar-refractivity contribution in [3.63, 3.8) is 0 Å². The lowest BCUT2D eigenvalue weighted by Crippen LogP contribution is -1.98. The quantitative estimate of drug-likeness (QED) is 0.590. The number of hydrogen-bond donors (Lipinski definition) is 2. The van der Waals surface area contributed by atoms with E-state index >= 15 is 0 Å². The molecule has 0 aliphatic rings. The van der Waals surface area contributed by atoms with Crippen LogP contribution in [0.4, 0.5) is 0 Å². The lowest BCUT2D eigenvalue weighted by atomic mass is 10.2. The third-order valence-electron chi connectivity index (χ3n) is 1.04. The fraction of sp³-hybridized carbons (Fsp3) is 0.714. The van der Waals surface area contributed by atoms with E-state index in [1.54, 1.807) is 6.92 Å². The van der Waals surface area contributed by atoms with Crippen LogP contribution in [0.5, 0.6) is 0 Å². The molecule has 0 radical (unpaired) electrons. The number of rotatable bonds is 4. The average molecular weight is 129 g/mol. The lowest BCUT2D eigenvalue weighted by molar-refractivity contribution is 0.186. The van der Waals surface area contributed by atoms with Crippen molar-refractivity contribution in [3.8, 4) is 0 Å². The summed E-state index contributed by atoms with van der Waals surface area (Å²) in [6.07, 6.45) is 5.50. The van der Waals surface area contributed by atoms with E-state index < -0.39 is 0 Å². The Kier molecular flexibility index (Phi) is 5.32. The molecule has 1 atom stereocenters. The van der Waals surface area contributed by atoms with Gasteiger partial charge in [0.15, 0.2) is 0 Å². The minimum atomic E-state index is -0.175. The second kappa shape index (κ2) is 5.63. The minimum absolute atomic E-state index is 0.175. The molecule has 0 aliphatic carbocycles. The van der Waals surface area contributed by atoms with Gasteiger partial charge in [-0.1, -0.05) is 6.08 Å². The molecule has 54 valence electrons. The first-order valence-corrected chi connectivity index (χ1v) is 3.27. The van der Waals surface area contributed by atoms with E-state index in [4.69, 9.17) is 5.11 Å². The van der Waals surface area contributed by atoms with Crippen LogP contribution >= 0.6 is 0 Å². The molecule has 0 saturated heterocycles. The largest absolute Gasteiger partial charge is 0.394 e. The number of aliphatic hydroxyl groups excluding tert-OH is 1. The van der Waals surface area contributed by atoms with Gasteiger partial charge in [-0.15, -0.1) is 0 Å². The zero-order valence-electron chi connectivity index (χ0n) is 6.09. The Morgan fingerprint density at radius 2 is 2.33 bits per heavy atom. The SMILES string of the molecule is CN/C=C\CCC(C)O. The van der Waals surface area contributed by atoms with Gasteiger partial charge in [0.2, 0.25) is 0 Å². The van der Waals surface area contributed by atoms with Crippen LogP contribution in [0.15, 0.2) is 12.3 Å². The summed E-state index contributed by atoms with van der Waals surface area (Å²) >= 11 is 0. The zero-order valence-corrected chi connectivity index (χ0v) is 6.09. The van der Waals surface area contributed by atoms with Crippen molar-refractivity contribution in [2.45, 2.75) is 25.9 Å². The van der Waals surface area contributed by atoms with Crippen molar-refractivity contribution >= 4 is 0 Å². The molecule has 0 fully saturated rings. The summed E-state index contributed by atoms with van der Waals surface area (Å²) in [5, 5.41) is 11.7. The Morgan fingerprint density at radius 3 is 2.78 bits per heavy atom. The standard InChI is InChI=1S/C7H15NO/c1-7(9)5-3-4-6-8-2/h4,6-9H,3,5H2,1-2H3/b6-4-. The van der Waals surface area contributed by atoms with Gasteiger partial charge >= 0.3 is 0 Å². The summed E-state index contributed by atoms with van der Waals surface area (Å²) in [6.45, 7) is 1.80. The number of hydrogen-bond acceptors (Lipinski definition) is 2. The van der Waals surface area contributed by atoms with Gasteiger partial charge in [0, 0.05) is 7.05 Å². The number of aliphatic hydroxyl groups is 1. The van der Waals surface area contributed by atoms with E-state index in [2.05, 4.69) is 5.32 Å². The van der Waals surface area contributed by atoms with Gasteiger partial charge in [0.25, 0.3) is 0 Å². The topological polar surface area (TPSA) is 32.3 Å². The van der Waals surface area contributed by atoms with Gasteiger partial charge in [0.1, 0.15) is 0 Å². The third-order valence-corrected chi connectivity index (χ3v) is 1.04. The van der Waals surface area contributed by atoms with Gasteiger partial charge in [-0.3, -0.25) is 0 Å². The van der Waals surface area contributed by atoms with Gasteiger partial charge in [-0.25, -0.2) is 0 Å². The maximum absolute atomic E-state index is 8.80. The normalized spacial score (nSPS) is 14.1. The van der Waals surface area contributed by atoms with Gasteiger partial charge in [0.05, 0.1) is 6.10 Å². The Labute approximate surface area is 56.6 Å². The molecule has 2 nitrogen and oxygen atoms in total. The Hall–Kier alpha value is -0.500. The zero-order chi connectivity index (χ0) is 7.11. The lowest BCUT2D eigenvalue weighted by Gasteiger charge is -1.97. The van der Waals surface area contributed by atoms with Crippen molar-refractivity contribution in [1.29, 1.82) is 0 Å². The second-order valence-electron chi connectivity index (χ2n) is 2.12. The van der Waals surface area contributed by atoms with Crippen LogP contribution in [0.2, 0.25) is 0 Å². The molecule has 0 saturated carbocycles. The van der Waals surface area contributed by atoms with Crippen molar-refractivity contribution in [3.05, 3.63) is 12.3 Å². The van der Waals surface area contributed by atoms with Crippen molar-refractivity contribution in [2.75, 3.05) is 7.05 Å². The highest BCUT2D eigenvalue weighted by Crippen LogP contribution is 1.94. The molecule has 0 aromatic rings. The van der Waals surface area contributed by atoms with Crippen LogP contribution in [0, 0.1) is 0 Å². The summed E-state index contributed by atoms with van der Waals surface area (Å²) < 4.78 is 0. The molecule has 0 amide bonds. The fourth-order valence-electron chi connectivity index (χ4n) is 0.539. The fourth-order valence-corrected chi connectivity index (χ4v) is 0.539. The molecule has 9 heavy (non-hydrogen) atoms. The van der Waals surface area contributed by atoms with E-state index in [0.717, 1.165) is 12.8 Å². The predicted molar refractivity (Wildman–Crippen MR) is 39.1 cm³/mol. The summed E-state index contributed by atoms with van der Waals surface area (Å²) in [7, 11) is 1.86. The molecule has 0 spiro atoms. The van der Waals surface area contributed by atoms with Crippen LogP contribution in [-0.4, -0.2) is 18.3 Å². The molecule has 2 heteroatoms. The summed E-state index contributed by atoms with van der Waals surface area (Å²) in [5.74, 6) is 0. The highest BCUT2D eigenvalue weighted by molar-refractivity contribution is 4.77. The Balaban J connectivity index is 2.99. The number of nitrogens with one attached hydrogen (secondary N) is 1. The van der Waals surface area contributed by atoms with Crippen molar-refractivity contribution in [1.82, 2.24) is 5.32 Å². The van der Waals surface area contributed by atoms with E-state index in [1.807, 2.05) is 19.3 Å². The number of allylic oxidation sites excluding steroid dienone is 1. The Morgan fingerprint density at radius 1 is 1.67 bits per heavy atom. The molecule has 2 N–H and O–H groups in total. The molecule has 0 aliphatic heterocycles. The minimum Gasteiger partial charge on any atom is -0.394 e. The van der Waals surface area contributed by atoms with Gasteiger partial charge in [-0.2, -0.15) is 0 Å². The van der Waals surface area contributed by atoms with Gasteiger partial charge < -0.3 is 10.4 Å². The van der Waals surface area contributed by atoms with Crippen molar-refractivity contribution < 1.29 is 5.11 Å². The maximum atomic E-state index is 8.80. The van der Waals surface area contributed by atoms with E-state index in [1.165, 1.54) is 0 Å². The smallest absolute Gasteiger partial charge is 0.0515 e. The summed E-state index contributed by atoms with van der Waals surface area (Å²) in [4.78, 5) is 0. The predicted octanol–water partition coefficient (Wildman–Crippen LogP) is 0.880. The van der Waals surface area contributed by atoms with Crippen molar-refractivity contribution in [2.24, 2.45) is 0 Å². The summed E-state index contributed by atoms with van der Waals surface area (Å²) in [5.41, 5.74) is 0. The van der Waals surface area contributed by atoms with Crippen LogP contribution < -0.4 is 5.32 Å². The van der Waals surface area contributed by atoms with E-state index in [-0.39, 0.29) is 6.10 Å². The molecule has 0 aromatic heterocycles. The van der Waals surface area contributed by atoms with E-state index in [9.17, 15) is 0 Å².